The summed E-state index contributed by atoms with van der Waals surface area (Å²) in [5, 5.41) is 3.05. The summed E-state index contributed by atoms with van der Waals surface area (Å²) in [6.07, 6.45) is 2.98. The minimum atomic E-state index is 0.0537. The van der Waals surface area contributed by atoms with Crippen LogP contribution in [-0.2, 0) is 11.2 Å². The number of hydrogen-bond acceptors (Lipinski definition) is 4. The number of carbonyl (C=O) groups excluding carboxylic acids is 1. The highest BCUT2D eigenvalue weighted by Gasteiger charge is 2.26. The number of nitrogens with zero attached hydrogens (tertiary/aromatic N) is 2. The van der Waals surface area contributed by atoms with Gasteiger partial charge in [-0.2, -0.15) is 0 Å². The third kappa shape index (κ3) is 5.09. The number of hydrogen-bond donors (Lipinski definition) is 1. The van der Waals surface area contributed by atoms with Crippen molar-refractivity contribution in [3.05, 3.63) is 29.8 Å². The van der Waals surface area contributed by atoms with Crippen LogP contribution in [0.1, 0.15) is 18.4 Å². The second kappa shape index (κ2) is 9.06. The maximum Gasteiger partial charge on any atom is 0.317 e. The minimum absolute atomic E-state index is 0.0537. The summed E-state index contributed by atoms with van der Waals surface area (Å²) in [5.74, 6) is 0.856. The van der Waals surface area contributed by atoms with Crippen LogP contribution >= 0.6 is 0 Å². The molecule has 25 heavy (non-hydrogen) atoms. The maximum absolute atomic E-state index is 12.4. The number of nitrogens with one attached hydrogen (secondary N) is 1. The number of rotatable bonds is 5. The molecule has 1 atom stereocenters. The van der Waals surface area contributed by atoms with E-state index in [0.29, 0.717) is 12.6 Å². The highest BCUT2D eigenvalue weighted by molar-refractivity contribution is 5.74. The van der Waals surface area contributed by atoms with Gasteiger partial charge in [-0.05, 0) is 37.0 Å². The standard InChI is InChI=1S/C19H29N3O3/c1-24-18-5-3-16(4-6-18)7-9-20-19(23)22-11-2-10-21(12-13-22)17-8-14-25-15-17/h3-6,17H,2,7-15H2,1H3,(H,20,23). The van der Waals surface area contributed by atoms with Crippen molar-refractivity contribution >= 4 is 6.03 Å². The van der Waals surface area contributed by atoms with Gasteiger partial charge >= 0.3 is 6.03 Å². The Balaban J connectivity index is 1.40. The molecule has 0 saturated carbocycles. The quantitative estimate of drug-likeness (QED) is 0.882. The van der Waals surface area contributed by atoms with E-state index < -0.39 is 0 Å². The smallest absolute Gasteiger partial charge is 0.317 e. The minimum Gasteiger partial charge on any atom is -0.497 e. The van der Waals surface area contributed by atoms with Crippen LogP contribution in [0.5, 0.6) is 5.75 Å². The highest BCUT2D eigenvalue weighted by Crippen LogP contribution is 2.15. The summed E-state index contributed by atoms with van der Waals surface area (Å²) >= 11 is 0. The van der Waals surface area contributed by atoms with Crippen LogP contribution < -0.4 is 10.1 Å². The Labute approximate surface area is 150 Å². The van der Waals surface area contributed by atoms with Crippen LogP contribution in [0.3, 0.4) is 0 Å². The van der Waals surface area contributed by atoms with Crippen molar-refractivity contribution in [1.29, 1.82) is 0 Å². The predicted molar refractivity (Wildman–Crippen MR) is 97.1 cm³/mol. The first-order valence-corrected chi connectivity index (χ1v) is 9.24. The van der Waals surface area contributed by atoms with Gasteiger partial charge in [0.05, 0.1) is 13.7 Å². The molecule has 1 aromatic carbocycles. The summed E-state index contributed by atoms with van der Waals surface area (Å²) in [7, 11) is 1.66. The van der Waals surface area contributed by atoms with E-state index in [1.165, 1.54) is 5.56 Å². The van der Waals surface area contributed by atoms with E-state index in [0.717, 1.165) is 64.4 Å². The Morgan fingerprint density at radius 3 is 2.80 bits per heavy atom. The van der Waals surface area contributed by atoms with Gasteiger partial charge in [0.15, 0.2) is 0 Å². The van der Waals surface area contributed by atoms with Crippen LogP contribution in [0.4, 0.5) is 4.79 Å². The van der Waals surface area contributed by atoms with E-state index in [2.05, 4.69) is 10.2 Å². The number of urea groups is 1. The third-order valence-corrected chi connectivity index (χ3v) is 5.09. The van der Waals surface area contributed by atoms with Crippen molar-refractivity contribution in [2.75, 3.05) is 53.0 Å². The zero-order valence-electron chi connectivity index (χ0n) is 15.1. The Kier molecular flexibility index (Phi) is 6.53. The second-order valence-electron chi connectivity index (χ2n) is 6.72. The fourth-order valence-electron chi connectivity index (χ4n) is 3.53. The van der Waals surface area contributed by atoms with Gasteiger partial charge in [0.2, 0.25) is 0 Å². The Bertz CT molecular complexity index is 543. The lowest BCUT2D eigenvalue weighted by Gasteiger charge is -2.26. The van der Waals surface area contributed by atoms with E-state index in [1.54, 1.807) is 7.11 Å². The summed E-state index contributed by atoms with van der Waals surface area (Å²) in [5.41, 5.74) is 1.20. The van der Waals surface area contributed by atoms with Gasteiger partial charge in [0.25, 0.3) is 0 Å². The lowest BCUT2D eigenvalue weighted by atomic mass is 10.1. The van der Waals surface area contributed by atoms with Crippen LogP contribution in [-0.4, -0.2) is 74.9 Å². The molecule has 0 aromatic heterocycles. The van der Waals surface area contributed by atoms with Gasteiger partial charge < -0.3 is 19.7 Å². The van der Waals surface area contributed by atoms with Crippen molar-refractivity contribution in [3.8, 4) is 5.75 Å². The van der Waals surface area contributed by atoms with E-state index in [-0.39, 0.29) is 6.03 Å². The molecule has 2 amide bonds. The van der Waals surface area contributed by atoms with E-state index in [1.807, 2.05) is 29.2 Å². The first kappa shape index (κ1) is 18.0. The number of methoxy groups -OCH3 is 1. The van der Waals surface area contributed by atoms with E-state index in [4.69, 9.17) is 9.47 Å². The molecule has 138 valence electrons. The molecule has 6 nitrogen and oxygen atoms in total. The summed E-state index contributed by atoms with van der Waals surface area (Å²) in [6.45, 7) is 6.00. The number of benzene rings is 1. The van der Waals surface area contributed by atoms with Crippen molar-refractivity contribution in [2.24, 2.45) is 0 Å². The molecule has 1 aromatic rings. The lowest BCUT2D eigenvalue weighted by molar-refractivity contribution is 0.145. The first-order chi connectivity index (χ1) is 12.3. The van der Waals surface area contributed by atoms with Crippen LogP contribution in [0, 0.1) is 0 Å². The van der Waals surface area contributed by atoms with Crippen molar-refractivity contribution in [2.45, 2.75) is 25.3 Å². The van der Waals surface area contributed by atoms with E-state index in [9.17, 15) is 4.79 Å². The molecule has 2 fully saturated rings. The van der Waals surface area contributed by atoms with Crippen LogP contribution in [0.15, 0.2) is 24.3 Å². The van der Waals surface area contributed by atoms with Gasteiger partial charge in [0.1, 0.15) is 5.75 Å². The molecule has 0 radical (unpaired) electrons. The highest BCUT2D eigenvalue weighted by atomic mass is 16.5. The van der Waals surface area contributed by atoms with Gasteiger partial charge in [-0.25, -0.2) is 4.79 Å². The Morgan fingerprint density at radius 2 is 2.08 bits per heavy atom. The molecule has 2 aliphatic rings. The topological polar surface area (TPSA) is 54.0 Å². The average molecular weight is 347 g/mol. The van der Waals surface area contributed by atoms with Crippen LogP contribution in [0.2, 0.25) is 0 Å². The fourth-order valence-corrected chi connectivity index (χ4v) is 3.53. The zero-order chi connectivity index (χ0) is 17.5. The second-order valence-corrected chi connectivity index (χ2v) is 6.72. The normalized spacial score (nSPS) is 21.8. The molecule has 1 unspecified atom stereocenters. The monoisotopic (exact) mass is 347 g/mol. The summed E-state index contributed by atoms with van der Waals surface area (Å²) < 4.78 is 10.7. The molecule has 2 aliphatic heterocycles. The number of amides is 2. The molecular formula is C19H29N3O3. The number of carbonyl (C=O) groups is 1. The SMILES string of the molecule is COc1ccc(CCNC(=O)N2CCCN(C3CCOC3)CC2)cc1. The molecule has 0 bridgehead atoms. The molecule has 0 aliphatic carbocycles. The number of ether oxygens (including phenoxy) is 2. The molecule has 1 N–H and O–H groups in total. The molecule has 2 heterocycles. The van der Waals surface area contributed by atoms with E-state index >= 15 is 0 Å². The molecular weight excluding hydrogens is 318 g/mol. The summed E-state index contributed by atoms with van der Waals surface area (Å²) in [4.78, 5) is 16.9. The van der Waals surface area contributed by atoms with Crippen LogP contribution in [0.25, 0.3) is 0 Å². The van der Waals surface area contributed by atoms with Gasteiger partial charge in [0, 0.05) is 45.4 Å². The zero-order valence-corrected chi connectivity index (χ0v) is 15.1. The molecule has 0 spiro atoms. The largest absolute Gasteiger partial charge is 0.497 e. The first-order valence-electron chi connectivity index (χ1n) is 9.24. The Hall–Kier alpha value is -1.79. The molecule has 2 saturated heterocycles. The van der Waals surface area contributed by atoms with Gasteiger partial charge in [-0.3, -0.25) is 4.90 Å². The fraction of sp³-hybridized carbons (Fsp3) is 0.632. The molecule has 6 heteroatoms. The predicted octanol–water partition coefficient (Wildman–Crippen LogP) is 1.74. The van der Waals surface area contributed by atoms with Gasteiger partial charge in [-0.1, -0.05) is 12.1 Å². The average Bonchev–Trinajstić information content (AvgIpc) is 3.06. The Morgan fingerprint density at radius 1 is 1.24 bits per heavy atom. The maximum atomic E-state index is 12.4. The molecule has 3 rings (SSSR count). The van der Waals surface area contributed by atoms with Crippen molar-refractivity contribution in [3.63, 3.8) is 0 Å². The van der Waals surface area contributed by atoms with Gasteiger partial charge in [-0.15, -0.1) is 0 Å². The van der Waals surface area contributed by atoms with Crippen molar-refractivity contribution in [1.82, 2.24) is 15.1 Å². The third-order valence-electron chi connectivity index (χ3n) is 5.09. The summed E-state index contributed by atoms with van der Waals surface area (Å²) in [6, 6.07) is 8.58. The van der Waals surface area contributed by atoms with Crippen molar-refractivity contribution < 1.29 is 14.3 Å². The lowest BCUT2D eigenvalue weighted by Crippen LogP contribution is -2.43.